The van der Waals surface area contributed by atoms with Gasteiger partial charge >= 0.3 is 5.97 Å². The quantitative estimate of drug-likeness (QED) is 0.0662. The maximum absolute atomic E-state index is 12.6. The lowest BCUT2D eigenvalue weighted by Gasteiger charge is -2.09. The van der Waals surface area contributed by atoms with Crippen molar-refractivity contribution in [1.29, 1.82) is 0 Å². The van der Waals surface area contributed by atoms with Crippen LogP contribution in [0.1, 0.15) is 94.0 Å². The molecule has 0 radical (unpaired) electrons. The van der Waals surface area contributed by atoms with Crippen molar-refractivity contribution >= 4 is 39.9 Å². The van der Waals surface area contributed by atoms with E-state index < -0.39 is 11.9 Å². The first-order valence-corrected chi connectivity index (χ1v) is 14.6. The molecule has 0 fully saturated rings. The number of esters is 1. The standard InChI is InChI=1S/C30H40BrN3O5/c1-3-5-6-7-8-9-10-11-12-13-28(35)32-22-29(36)34-33-21-24-20-25(31)16-19-27(24)39-30(37)23-14-17-26(18-15-23)38-4-2/h14-21H,3-13,22H2,1-2H3,(H,32,35)(H,34,36)/b33-21-. The number of nitrogens with zero attached hydrogens (tertiary/aromatic N) is 1. The van der Waals surface area contributed by atoms with Crippen molar-refractivity contribution in [3.05, 3.63) is 58.1 Å². The van der Waals surface area contributed by atoms with Crippen LogP contribution in [0.5, 0.6) is 11.5 Å². The van der Waals surface area contributed by atoms with Crippen molar-refractivity contribution in [3.63, 3.8) is 0 Å². The predicted molar refractivity (Wildman–Crippen MR) is 157 cm³/mol. The summed E-state index contributed by atoms with van der Waals surface area (Å²) in [5, 5.41) is 6.57. The smallest absolute Gasteiger partial charge is 0.343 e. The maximum atomic E-state index is 12.6. The highest BCUT2D eigenvalue weighted by atomic mass is 79.9. The molecule has 9 heteroatoms. The number of benzene rings is 2. The SMILES string of the molecule is CCCCCCCCCCCC(=O)NCC(=O)N/N=C\c1cc(Br)ccc1OC(=O)c1ccc(OCC)cc1. The number of hydrazone groups is 1. The number of nitrogens with one attached hydrogen (secondary N) is 2. The monoisotopic (exact) mass is 601 g/mol. The fourth-order valence-electron chi connectivity index (χ4n) is 3.80. The molecule has 2 aromatic rings. The van der Waals surface area contributed by atoms with Gasteiger partial charge in [0, 0.05) is 16.5 Å². The average molecular weight is 603 g/mol. The molecule has 0 aliphatic carbocycles. The summed E-state index contributed by atoms with van der Waals surface area (Å²) < 4.78 is 11.7. The second kappa shape index (κ2) is 19.0. The number of carbonyl (C=O) groups is 3. The Morgan fingerprint density at radius 1 is 0.872 bits per heavy atom. The fraction of sp³-hybridized carbons (Fsp3) is 0.467. The Morgan fingerprint density at radius 3 is 2.21 bits per heavy atom. The van der Waals surface area contributed by atoms with Gasteiger partial charge in [-0.2, -0.15) is 5.10 Å². The summed E-state index contributed by atoms with van der Waals surface area (Å²) >= 11 is 3.39. The Bertz CT molecular complexity index is 1070. The van der Waals surface area contributed by atoms with Crippen LogP contribution in [-0.4, -0.2) is 37.1 Å². The first kappa shape index (κ1) is 32.0. The van der Waals surface area contributed by atoms with E-state index in [4.69, 9.17) is 9.47 Å². The number of rotatable bonds is 18. The first-order valence-electron chi connectivity index (χ1n) is 13.8. The molecule has 0 aromatic heterocycles. The second-order valence-corrected chi connectivity index (χ2v) is 10.1. The summed E-state index contributed by atoms with van der Waals surface area (Å²) in [6, 6.07) is 11.7. The number of carbonyl (C=O) groups excluding carboxylic acids is 3. The minimum Gasteiger partial charge on any atom is -0.494 e. The van der Waals surface area contributed by atoms with Crippen LogP contribution in [0.25, 0.3) is 0 Å². The third kappa shape index (κ3) is 13.4. The largest absolute Gasteiger partial charge is 0.494 e. The minimum absolute atomic E-state index is 0.146. The second-order valence-electron chi connectivity index (χ2n) is 9.18. The molecule has 0 saturated carbocycles. The van der Waals surface area contributed by atoms with E-state index in [2.05, 4.69) is 38.7 Å². The fourth-order valence-corrected chi connectivity index (χ4v) is 4.18. The molecule has 0 spiro atoms. The Hall–Kier alpha value is -3.20. The number of ether oxygens (including phenoxy) is 2. The van der Waals surface area contributed by atoms with Crippen molar-refractivity contribution < 1.29 is 23.9 Å². The van der Waals surface area contributed by atoms with Crippen LogP contribution in [0.15, 0.2) is 52.0 Å². The van der Waals surface area contributed by atoms with E-state index in [0.29, 0.717) is 29.9 Å². The van der Waals surface area contributed by atoms with Gasteiger partial charge in [0.25, 0.3) is 5.91 Å². The molecule has 2 N–H and O–H groups in total. The third-order valence-corrected chi connectivity index (χ3v) is 6.42. The topological polar surface area (TPSA) is 106 Å². The number of unbranched alkanes of at least 4 members (excludes halogenated alkanes) is 8. The van der Waals surface area contributed by atoms with Crippen LogP contribution in [0.4, 0.5) is 0 Å². The van der Waals surface area contributed by atoms with Crippen molar-refractivity contribution in [2.45, 2.75) is 78.1 Å². The molecule has 0 unspecified atom stereocenters. The lowest BCUT2D eigenvalue weighted by Crippen LogP contribution is -2.34. The Kier molecular flexibility index (Phi) is 15.6. The predicted octanol–water partition coefficient (Wildman–Crippen LogP) is 6.55. The zero-order valence-electron chi connectivity index (χ0n) is 23.0. The summed E-state index contributed by atoms with van der Waals surface area (Å²) in [7, 11) is 0. The van der Waals surface area contributed by atoms with Crippen LogP contribution in [-0.2, 0) is 9.59 Å². The molecule has 2 aromatic carbocycles. The first-order chi connectivity index (χ1) is 18.9. The lowest BCUT2D eigenvalue weighted by molar-refractivity contribution is -0.126. The van der Waals surface area contributed by atoms with Gasteiger partial charge in [0.15, 0.2) is 0 Å². The van der Waals surface area contributed by atoms with E-state index in [-0.39, 0.29) is 18.2 Å². The van der Waals surface area contributed by atoms with Crippen LogP contribution in [0, 0.1) is 0 Å². The van der Waals surface area contributed by atoms with E-state index in [9.17, 15) is 14.4 Å². The lowest BCUT2D eigenvalue weighted by atomic mass is 10.1. The molecule has 0 atom stereocenters. The normalized spacial score (nSPS) is 10.8. The zero-order chi connectivity index (χ0) is 28.3. The van der Waals surface area contributed by atoms with Gasteiger partial charge in [0.05, 0.1) is 24.9 Å². The summed E-state index contributed by atoms with van der Waals surface area (Å²) in [6.45, 7) is 4.48. The highest BCUT2D eigenvalue weighted by Crippen LogP contribution is 2.23. The molecule has 0 saturated heterocycles. The van der Waals surface area contributed by atoms with E-state index in [1.807, 2.05) is 6.92 Å². The zero-order valence-corrected chi connectivity index (χ0v) is 24.6. The number of hydrogen-bond donors (Lipinski definition) is 2. The van der Waals surface area contributed by atoms with E-state index in [0.717, 1.165) is 23.7 Å². The van der Waals surface area contributed by atoms with Crippen LogP contribution < -0.4 is 20.2 Å². The van der Waals surface area contributed by atoms with E-state index in [1.54, 1.807) is 42.5 Å². The van der Waals surface area contributed by atoms with Crippen molar-refractivity contribution in [2.75, 3.05) is 13.2 Å². The molecular formula is C30H40BrN3O5. The Labute approximate surface area is 240 Å². The van der Waals surface area contributed by atoms with Gasteiger partial charge < -0.3 is 14.8 Å². The van der Waals surface area contributed by atoms with Crippen molar-refractivity contribution in [3.8, 4) is 11.5 Å². The average Bonchev–Trinajstić information content (AvgIpc) is 2.93. The summed E-state index contributed by atoms with van der Waals surface area (Å²) in [5.74, 6) is -0.179. The van der Waals surface area contributed by atoms with Gasteiger partial charge in [-0.1, -0.05) is 74.2 Å². The van der Waals surface area contributed by atoms with Gasteiger partial charge in [-0.15, -0.1) is 0 Å². The van der Waals surface area contributed by atoms with Gasteiger partial charge in [-0.05, 0) is 55.8 Å². The molecule has 8 nitrogen and oxygen atoms in total. The van der Waals surface area contributed by atoms with Crippen LogP contribution in [0.3, 0.4) is 0 Å². The third-order valence-electron chi connectivity index (χ3n) is 5.92. The Morgan fingerprint density at radius 2 is 1.54 bits per heavy atom. The van der Waals surface area contributed by atoms with Gasteiger partial charge in [0.1, 0.15) is 11.5 Å². The molecule has 2 rings (SSSR count). The van der Waals surface area contributed by atoms with Crippen LogP contribution >= 0.6 is 15.9 Å². The highest BCUT2D eigenvalue weighted by Gasteiger charge is 2.12. The molecule has 0 bridgehead atoms. The maximum Gasteiger partial charge on any atom is 0.343 e. The summed E-state index contributed by atoms with van der Waals surface area (Å²) in [6.07, 6.45) is 12.4. The van der Waals surface area contributed by atoms with Crippen molar-refractivity contribution in [1.82, 2.24) is 10.7 Å². The number of amides is 2. The summed E-state index contributed by atoms with van der Waals surface area (Å²) in [5.41, 5.74) is 3.24. The molecule has 39 heavy (non-hydrogen) atoms. The summed E-state index contributed by atoms with van der Waals surface area (Å²) in [4.78, 5) is 36.7. The van der Waals surface area contributed by atoms with E-state index >= 15 is 0 Å². The molecule has 0 aliphatic heterocycles. The molecule has 0 heterocycles. The molecule has 0 aliphatic rings. The molecule has 2 amide bonds. The van der Waals surface area contributed by atoms with Gasteiger partial charge in [0.2, 0.25) is 5.91 Å². The van der Waals surface area contributed by atoms with Gasteiger partial charge in [-0.3, -0.25) is 9.59 Å². The van der Waals surface area contributed by atoms with Crippen LogP contribution in [0.2, 0.25) is 0 Å². The van der Waals surface area contributed by atoms with Gasteiger partial charge in [-0.25, -0.2) is 10.2 Å². The number of hydrogen-bond acceptors (Lipinski definition) is 6. The highest BCUT2D eigenvalue weighted by molar-refractivity contribution is 9.10. The van der Waals surface area contributed by atoms with Crippen molar-refractivity contribution in [2.24, 2.45) is 5.10 Å². The Balaban J connectivity index is 1.73. The molecular weight excluding hydrogens is 562 g/mol. The minimum atomic E-state index is -0.534. The molecule has 212 valence electrons. The number of halogens is 1. The van der Waals surface area contributed by atoms with E-state index in [1.165, 1.54) is 44.7 Å².